The van der Waals surface area contributed by atoms with Crippen LogP contribution in [0.25, 0.3) is 31.3 Å². The maximum Gasteiger partial charge on any atom is 0.411 e. The number of Topliss-reactive ketones (excluding diaryl/α,β-unsaturated/α-hetero) is 2. The Hall–Kier alpha value is -9.75. The standard InChI is InChI=1S/C22H28BrN5O4.C22H30BrN3O4.C14H22N4O4.C12H18N4O4.C9H11BrN2O.C5H8O2.CH4/c1-5-8-31-12-14-6-7-19(23)26-15(14)9-17(29)16-10-22(13-25-27-24)11-18(22)28(16)20(30)32-21(2,3)4;1-5-8-29-12-14-6-7-19(23)25-15(14)9-17(27)16-10-22(13-24)11-18(22)26(16)20(28)30-21(2,3)4;1-5-21-11(19)9-6-14(8-16-17-15)7-10(14)18(9)12(20)22-13(2,3)4;1-11(2,3)20-10(19)16-7(9(17)18)4-12(5-8(12)16)6-14-15-13;1-2-5-13-6-7-3-4-8(10)12-9(7)11;1-2-3-4-5(6)7;/h5-7,16,18H,1,8-13H2,2-4H3;5-7,16,18H,1,8-13,24H2,2-4H3;9-10H,5-8H2,1-4H3;7-8H,4-6H2,1-3H3,(H,17,18);2-4H,1,5-6H2,(H2,11,12);2H,1,3-4H2,(H,6,7);1H4/t2*16-,18?,22?;9-,10?,14?;7-,8?,12?;;;/m0000.../s1. The Kier molecular flexibility index (Phi) is 39.0. The highest BCUT2D eigenvalue weighted by atomic mass is 79.9. The lowest BCUT2D eigenvalue weighted by molar-refractivity contribution is -0.149. The largest absolute Gasteiger partial charge is 0.481 e. The molecule has 8 aliphatic rings. The maximum absolute atomic E-state index is 13.4. The van der Waals surface area contributed by atoms with E-state index < -0.39 is 88.9 Å². The average molecular weight is 1940 g/mol. The second-order valence-electron chi connectivity index (χ2n) is 35.3. The molecule has 6 N–H and O–H groups in total. The summed E-state index contributed by atoms with van der Waals surface area (Å²) in [5, 5.41) is 28.1. The Morgan fingerprint density at radius 2 is 0.808 bits per heavy atom. The summed E-state index contributed by atoms with van der Waals surface area (Å²) in [6.07, 6.45) is 10.1. The number of carboxylic acids is 2. The van der Waals surface area contributed by atoms with Gasteiger partial charge in [0, 0.05) is 98.7 Å². The summed E-state index contributed by atoms with van der Waals surface area (Å²) >= 11 is 9.97. The topological polar surface area (TPSA) is 518 Å². The van der Waals surface area contributed by atoms with Gasteiger partial charge in [-0.3, -0.25) is 34.0 Å². The Balaban J connectivity index is 0.000000278. The molecule has 0 radical (unpaired) electrons. The van der Waals surface area contributed by atoms with E-state index in [0.29, 0.717) is 118 Å². The number of amides is 4. The molecule has 125 heavy (non-hydrogen) atoms. The SMILES string of the molecule is C.C=CCCC(=O)O.C=CCOCc1ccc(Br)nc1CC(=O)[C@@H]1CC2(CN)CC2N1C(=O)OC(C)(C)C.C=CCOCc1ccc(Br)nc1CC(=O)[C@@H]1CC2(CN=[N+]=[N-])CC2N1C(=O)OC(C)(C)C.C=CCOCc1ccc(Br)nc1N.CC(C)(C)OC(=O)N1C2CC2(CN=[N+]=[N-])C[C@H]1C(=O)O.CCOC(=O)[C@@H]1CC2(CN=[N+]=[N-])CC2N1C(=O)OC(C)(C)C. The molecule has 4 aliphatic carbocycles. The Labute approximate surface area is 755 Å². The monoisotopic (exact) mass is 1930 g/mol. The van der Waals surface area contributed by atoms with Crippen LogP contribution in [0.15, 0.2) is 116 Å². The van der Waals surface area contributed by atoms with E-state index in [1.807, 2.05) is 51.1 Å². The molecule has 40 heteroatoms. The molecule has 4 amide bonds. The van der Waals surface area contributed by atoms with Crippen LogP contribution in [0.2, 0.25) is 0 Å². The molecule has 0 aromatic carbocycles. The number of piperidine rings is 4. The first kappa shape index (κ1) is 106. The zero-order valence-electron chi connectivity index (χ0n) is 72.8. The van der Waals surface area contributed by atoms with Gasteiger partial charge < -0.3 is 59.6 Å². The van der Waals surface area contributed by atoms with Gasteiger partial charge in [0.05, 0.1) is 82.6 Å². The third-order valence-corrected chi connectivity index (χ3v) is 22.5. The number of hydrogen-bond acceptors (Lipinski definition) is 25. The van der Waals surface area contributed by atoms with Crippen molar-refractivity contribution in [1.29, 1.82) is 0 Å². The normalized spacial score (nSPS) is 23.8. The zero-order valence-corrected chi connectivity index (χ0v) is 77.5. The predicted molar refractivity (Wildman–Crippen MR) is 476 cm³/mol. The molecule has 7 heterocycles. The molecule has 11 rings (SSSR count). The number of nitrogens with two attached hydrogens (primary N) is 2. The molecule has 8 unspecified atom stereocenters. The van der Waals surface area contributed by atoms with E-state index in [1.54, 1.807) is 109 Å². The van der Waals surface area contributed by atoms with Gasteiger partial charge in [-0.2, -0.15) is 0 Å². The van der Waals surface area contributed by atoms with Gasteiger partial charge in [-0.1, -0.05) is 65.3 Å². The fourth-order valence-corrected chi connectivity index (χ4v) is 16.3. The van der Waals surface area contributed by atoms with Crippen LogP contribution in [0.4, 0.5) is 25.0 Å². The van der Waals surface area contributed by atoms with Gasteiger partial charge in [0.25, 0.3) is 0 Å². The van der Waals surface area contributed by atoms with Crippen molar-refractivity contribution in [2.24, 2.45) is 42.7 Å². The van der Waals surface area contributed by atoms with Crippen molar-refractivity contribution in [3.63, 3.8) is 0 Å². The molecule has 3 aromatic heterocycles. The fourth-order valence-electron chi connectivity index (χ4n) is 15.3. The summed E-state index contributed by atoms with van der Waals surface area (Å²) in [5.74, 6) is -1.93. The van der Waals surface area contributed by atoms with Crippen LogP contribution in [0.1, 0.15) is 190 Å². The average Bonchev–Trinajstić information content (AvgIpc) is 1.56. The van der Waals surface area contributed by atoms with Crippen molar-refractivity contribution in [3.8, 4) is 0 Å². The molecule has 0 bridgehead atoms. The number of halogens is 3. The number of nitrogens with zero attached hydrogens (tertiary/aromatic N) is 16. The van der Waals surface area contributed by atoms with Gasteiger partial charge in [0.2, 0.25) is 0 Å². The van der Waals surface area contributed by atoms with Crippen molar-refractivity contribution < 1.29 is 91.3 Å². The Morgan fingerprint density at radius 1 is 0.496 bits per heavy atom. The third kappa shape index (κ3) is 30.5. The second kappa shape index (κ2) is 46.1. The van der Waals surface area contributed by atoms with Crippen LogP contribution < -0.4 is 11.5 Å². The number of esters is 1. The smallest absolute Gasteiger partial charge is 0.411 e. The summed E-state index contributed by atoms with van der Waals surface area (Å²) in [4.78, 5) is 138. The molecule has 686 valence electrons. The minimum atomic E-state index is -1.05. The second-order valence-corrected chi connectivity index (χ2v) is 37.7. The van der Waals surface area contributed by atoms with E-state index >= 15 is 0 Å². The van der Waals surface area contributed by atoms with Crippen molar-refractivity contribution in [3.05, 3.63) is 160 Å². The lowest BCUT2D eigenvalue weighted by Gasteiger charge is -2.30. The number of carbonyl (C=O) groups is 9. The number of fused-ring (bicyclic) bond motifs is 4. The quantitative estimate of drug-likeness (QED) is 0.00679. The zero-order chi connectivity index (χ0) is 92.7. The molecule has 37 nitrogen and oxygen atoms in total. The summed E-state index contributed by atoms with van der Waals surface area (Å²) in [5.41, 5.74) is 37.3. The Morgan fingerprint density at radius 3 is 1.12 bits per heavy atom. The minimum absolute atomic E-state index is 0. The molecule has 12 atom stereocenters. The van der Waals surface area contributed by atoms with Crippen molar-refractivity contribution >= 4 is 107 Å². The first-order valence-electron chi connectivity index (χ1n) is 40.5. The summed E-state index contributed by atoms with van der Waals surface area (Å²) in [6.45, 7) is 41.2. The van der Waals surface area contributed by atoms with Gasteiger partial charge >= 0.3 is 42.3 Å². The van der Waals surface area contributed by atoms with Crippen LogP contribution in [0, 0.1) is 21.7 Å². The van der Waals surface area contributed by atoms with Crippen molar-refractivity contribution in [2.45, 2.75) is 265 Å². The van der Waals surface area contributed by atoms with Gasteiger partial charge in [0.1, 0.15) is 54.1 Å². The molecule has 3 aromatic rings. The molecule has 4 saturated heterocycles. The van der Waals surface area contributed by atoms with E-state index in [1.165, 1.54) is 9.80 Å². The number of aliphatic carboxylic acids is 2. The number of carbonyl (C=O) groups excluding carboxylic acids is 7. The summed E-state index contributed by atoms with van der Waals surface area (Å²) < 4.78 is 45.2. The summed E-state index contributed by atoms with van der Waals surface area (Å²) in [6, 6.07) is 7.80. The number of rotatable bonds is 31. The molecule has 8 fully saturated rings. The van der Waals surface area contributed by atoms with Gasteiger partial charge in [0.15, 0.2) is 11.6 Å². The highest BCUT2D eigenvalue weighted by Gasteiger charge is 2.71. The molecule has 4 aliphatic heterocycles. The number of aromatic nitrogens is 3. The maximum atomic E-state index is 13.4. The van der Waals surface area contributed by atoms with Crippen molar-refractivity contribution in [2.75, 3.05) is 58.3 Å². The van der Waals surface area contributed by atoms with Gasteiger partial charge in [-0.05, 0) is 242 Å². The van der Waals surface area contributed by atoms with E-state index in [-0.39, 0.29) is 110 Å². The van der Waals surface area contributed by atoms with E-state index in [2.05, 4.69) is 119 Å². The lowest BCUT2D eigenvalue weighted by atomic mass is 9.95. The fraction of sp³-hybridized carbons (Fsp3) is 0.624. The van der Waals surface area contributed by atoms with Crippen LogP contribution in [-0.2, 0) is 94.5 Å². The number of ether oxygens (including phenoxy) is 8. The number of carboxylic acid groups (broad SMARTS) is 2. The van der Waals surface area contributed by atoms with Crippen LogP contribution in [0.3, 0.4) is 0 Å². The van der Waals surface area contributed by atoms with E-state index in [0.717, 1.165) is 34.1 Å². The lowest BCUT2D eigenvalue weighted by Crippen LogP contribution is -2.46. The first-order chi connectivity index (χ1) is 58.1. The Bertz CT molecular complexity index is 4540. The van der Waals surface area contributed by atoms with Gasteiger partial charge in [-0.15, -0.1) is 26.3 Å². The number of pyridine rings is 3. The number of ketones is 2. The minimum Gasteiger partial charge on any atom is -0.481 e. The number of nitrogen functional groups attached to an aromatic ring is 1. The van der Waals surface area contributed by atoms with E-state index in [4.69, 9.17) is 71.1 Å². The number of hydrogen-bond donors (Lipinski definition) is 4. The highest BCUT2D eigenvalue weighted by molar-refractivity contribution is 9.11. The first-order valence-corrected chi connectivity index (χ1v) is 42.8. The number of anilines is 1. The summed E-state index contributed by atoms with van der Waals surface area (Å²) in [7, 11) is 0. The molecule has 4 saturated carbocycles. The number of likely N-dealkylation sites (tertiary alicyclic amines) is 4. The third-order valence-electron chi connectivity index (χ3n) is 21.2. The van der Waals surface area contributed by atoms with Crippen LogP contribution in [0.5, 0.6) is 0 Å². The van der Waals surface area contributed by atoms with E-state index in [9.17, 15) is 48.3 Å². The molecular formula is C85H121Br3N18O19. The van der Waals surface area contributed by atoms with Gasteiger partial charge in [-0.25, -0.2) is 43.7 Å². The predicted octanol–water partition coefficient (Wildman–Crippen LogP) is 16.7. The number of allylic oxidation sites excluding steroid dienone is 1. The number of azide groups is 3. The van der Waals surface area contributed by atoms with Crippen molar-refractivity contribution in [1.82, 2.24) is 34.6 Å². The highest BCUT2D eigenvalue weighted by Crippen LogP contribution is 2.63. The molecular weight excluding hydrogens is 1820 g/mol. The van der Waals surface area contributed by atoms with Crippen LogP contribution in [-0.4, -0.2) is 222 Å². The molecule has 0 spiro atoms. The van der Waals surface area contributed by atoms with Crippen LogP contribution >= 0.6 is 47.8 Å².